The van der Waals surface area contributed by atoms with E-state index in [1.807, 2.05) is 0 Å². The van der Waals surface area contributed by atoms with Gasteiger partial charge in [0.1, 0.15) is 0 Å². The van der Waals surface area contributed by atoms with Crippen molar-refractivity contribution in [1.82, 2.24) is 4.31 Å². The molecule has 2 aliphatic rings. The quantitative estimate of drug-likeness (QED) is 0.758. The summed E-state index contributed by atoms with van der Waals surface area (Å²) < 4.78 is 43.6. The summed E-state index contributed by atoms with van der Waals surface area (Å²) in [5.41, 5.74) is 0. The molecule has 1 aliphatic heterocycles. The Labute approximate surface area is 137 Å². The van der Waals surface area contributed by atoms with Gasteiger partial charge in [0, 0.05) is 25.3 Å². The fourth-order valence-corrected chi connectivity index (χ4v) is 4.68. The Morgan fingerprint density at radius 2 is 1.91 bits per heavy atom. The van der Waals surface area contributed by atoms with Gasteiger partial charge in [-0.05, 0) is 37.3 Å². The topological polar surface area (TPSA) is 65.1 Å². The molecular formula is C16H23NO5S. The molecule has 1 saturated heterocycles. The van der Waals surface area contributed by atoms with Crippen LogP contribution in [0.1, 0.15) is 19.3 Å². The molecule has 1 aromatic carbocycles. The highest BCUT2D eigenvalue weighted by Crippen LogP contribution is 2.36. The van der Waals surface area contributed by atoms with E-state index in [1.54, 1.807) is 16.4 Å². The third-order valence-electron chi connectivity index (χ3n) is 4.38. The second-order valence-corrected chi connectivity index (χ2v) is 7.94. The Morgan fingerprint density at radius 1 is 1.17 bits per heavy atom. The molecule has 0 radical (unpaired) electrons. The molecule has 0 spiro atoms. The van der Waals surface area contributed by atoms with Gasteiger partial charge in [-0.2, -0.15) is 4.31 Å². The van der Waals surface area contributed by atoms with Gasteiger partial charge in [0.05, 0.1) is 25.7 Å². The molecule has 1 heterocycles. The molecule has 128 valence electrons. The summed E-state index contributed by atoms with van der Waals surface area (Å²) in [6.07, 6.45) is 2.78. The number of hydrogen-bond acceptors (Lipinski definition) is 5. The largest absolute Gasteiger partial charge is 0.493 e. The smallest absolute Gasteiger partial charge is 0.243 e. The summed E-state index contributed by atoms with van der Waals surface area (Å²) in [5.74, 6) is 1.23. The molecule has 0 N–H and O–H groups in total. The molecule has 2 fully saturated rings. The van der Waals surface area contributed by atoms with E-state index in [1.165, 1.54) is 20.3 Å². The first-order valence-corrected chi connectivity index (χ1v) is 9.32. The van der Waals surface area contributed by atoms with Crippen molar-refractivity contribution >= 4 is 10.0 Å². The average molecular weight is 341 g/mol. The van der Waals surface area contributed by atoms with Crippen molar-refractivity contribution < 1.29 is 22.6 Å². The van der Waals surface area contributed by atoms with Crippen LogP contribution in [0, 0.1) is 5.92 Å². The lowest BCUT2D eigenvalue weighted by atomic mass is 10.1. The fraction of sp³-hybridized carbons (Fsp3) is 0.625. The molecule has 1 atom stereocenters. The van der Waals surface area contributed by atoms with Gasteiger partial charge in [0.15, 0.2) is 11.5 Å². The summed E-state index contributed by atoms with van der Waals surface area (Å²) in [6, 6.07) is 4.87. The van der Waals surface area contributed by atoms with E-state index in [0.29, 0.717) is 24.7 Å². The van der Waals surface area contributed by atoms with Crippen molar-refractivity contribution in [2.75, 3.05) is 34.0 Å². The summed E-state index contributed by atoms with van der Waals surface area (Å²) in [5, 5.41) is 0. The molecule has 1 aliphatic carbocycles. The van der Waals surface area contributed by atoms with E-state index in [0.717, 1.165) is 25.9 Å². The first kappa shape index (κ1) is 16.5. The predicted molar refractivity (Wildman–Crippen MR) is 85.4 cm³/mol. The van der Waals surface area contributed by atoms with Gasteiger partial charge in [0.2, 0.25) is 10.0 Å². The first-order chi connectivity index (χ1) is 11.1. The number of hydrogen-bond donors (Lipinski definition) is 0. The van der Waals surface area contributed by atoms with Crippen LogP contribution >= 0.6 is 0 Å². The number of benzene rings is 1. The number of rotatable bonds is 7. The SMILES string of the molecule is COc1ccc(S(=O)(=O)N(C[C@H]2CCOC2)C2CC2)cc1OC. The number of ether oxygens (including phenoxy) is 3. The van der Waals surface area contributed by atoms with Crippen LogP contribution in [0.25, 0.3) is 0 Å². The van der Waals surface area contributed by atoms with E-state index in [-0.39, 0.29) is 16.9 Å². The molecule has 0 unspecified atom stereocenters. The predicted octanol–water partition coefficient (Wildman–Crippen LogP) is 1.89. The Kier molecular flexibility index (Phi) is 4.79. The summed E-state index contributed by atoms with van der Waals surface area (Å²) in [4.78, 5) is 0.251. The summed E-state index contributed by atoms with van der Waals surface area (Å²) in [7, 11) is -0.508. The molecule has 1 saturated carbocycles. The minimum absolute atomic E-state index is 0.119. The van der Waals surface area contributed by atoms with E-state index < -0.39 is 10.0 Å². The van der Waals surface area contributed by atoms with E-state index >= 15 is 0 Å². The van der Waals surface area contributed by atoms with Crippen molar-refractivity contribution in [3.63, 3.8) is 0 Å². The van der Waals surface area contributed by atoms with Gasteiger partial charge >= 0.3 is 0 Å². The maximum atomic E-state index is 13.1. The van der Waals surface area contributed by atoms with Crippen molar-refractivity contribution in [3.05, 3.63) is 18.2 Å². The second-order valence-electron chi connectivity index (χ2n) is 6.05. The summed E-state index contributed by atoms with van der Waals surface area (Å²) in [6.45, 7) is 1.89. The third kappa shape index (κ3) is 3.46. The fourth-order valence-electron chi connectivity index (χ4n) is 2.90. The highest BCUT2D eigenvalue weighted by Gasteiger charge is 2.40. The van der Waals surface area contributed by atoms with Crippen molar-refractivity contribution in [1.29, 1.82) is 0 Å². The minimum atomic E-state index is -3.54. The first-order valence-electron chi connectivity index (χ1n) is 7.88. The summed E-state index contributed by atoms with van der Waals surface area (Å²) >= 11 is 0. The third-order valence-corrected chi connectivity index (χ3v) is 6.29. The molecular weight excluding hydrogens is 318 g/mol. The van der Waals surface area contributed by atoms with Crippen LogP contribution in [0.2, 0.25) is 0 Å². The average Bonchev–Trinajstić information content (AvgIpc) is 3.27. The molecule has 7 heteroatoms. The number of methoxy groups -OCH3 is 2. The van der Waals surface area contributed by atoms with E-state index in [9.17, 15) is 8.42 Å². The Balaban J connectivity index is 1.88. The van der Waals surface area contributed by atoms with Crippen LogP contribution in [-0.2, 0) is 14.8 Å². The Morgan fingerprint density at radius 3 is 2.48 bits per heavy atom. The van der Waals surface area contributed by atoms with Crippen molar-refractivity contribution in [2.24, 2.45) is 5.92 Å². The molecule has 23 heavy (non-hydrogen) atoms. The number of nitrogens with zero attached hydrogens (tertiary/aromatic N) is 1. The lowest BCUT2D eigenvalue weighted by molar-refractivity contribution is 0.180. The molecule has 0 aromatic heterocycles. The van der Waals surface area contributed by atoms with Crippen molar-refractivity contribution in [2.45, 2.75) is 30.2 Å². The molecule has 6 nitrogen and oxygen atoms in total. The lowest BCUT2D eigenvalue weighted by Crippen LogP contribution is -2.37. The molecule has 3 rings (SSSR count). The van der Waals surface area contributed by atoms with Crippen LogP contribution in [0.15, 0.2) is 23.1 Å². The molecule has 1 aromatic rings. The van der Waals surface area contributed by atoms with Gasteiger partial charge in [-0.1, -0.05) is 0 Å². The van der Waals surface area contributed by atoms with Gasteiger partial charge in [-0.25, -0.2) is 8.42 Å². The van der Waals surface area contributed by atoms with Gasteiger partial charge < -0.3 is 14.2 Å². The Bertz CT molecular complexity index is 650. The zero-order chi connectivity index (χ0) is 16.4. The highest BCUT2D eigenvalue weighted by atomic mass is 32.2. The second kappa shape index (κ2) is 6.67. The molecule has 0 amide bonds. The van der Waals surface area contributed by atoms with Gasteiger partial charge in [-0.15, -0.1) is 0 Å². The van der Waals surface area contributed by atoms with Crippen molar-refractivity contribution in [3.8, 4) is 11.5 Å². The normalized spacial score (nSPS) is 21.6. The monoisotopic (exact) mass is 341 g/mol. The number of sulfonamides is 1. The van der Waals surface area contributed by atoms with Gasteiger partial charge in [0.25, 0.3) is 0 Å². The van der Waals surface area contributed by atoms with Crippen LogP contribution in [0.4, 0.5) is 0 Å². The zero-order valence-corrected chi connectivity index (χ0v) is 14.3. The highest BCUT2D eigenvalue weighted by molar-refractivity contribution is 7.89. The zero-order valence-electron chi connectivity index (χ0n) is 13.5. The van der Waals surface area contributed by atoms with Crippen LogP contribution < -0.4 is 9.47 Å². The van der Waals surface area contributed by atoms with Crippen LogP contribution in [-0.4, -0.2) is 52.7 Å². The minimum Gasteiger partial charge on any atom is -0.493 e. The Hall–Kier alpha value is -1.31. The molecule has 0 bridgehead atoms. The standard InChI is InChI=1S/C16H23NO5S/c1-20-15-6-5-14(9-16(15)21-2)23(18,19)17(13-3-4-13)10-12-7-8-22-11-12/h5-6,9,12-13H,3-4,7-8,10-11H2,1-2H3/t12-/m1/s1. The lowest BCUT2D eigenvalue weighted by Gasteiger charge is -2.24. The maximum absolute atomic E-state index is 13.1. The van der Waals surface area contributed by atoms with Crippen LogP contribution in [0.3, 0.4) is 0 Å². The van der Waals surface area contributed by atoms with Gasteiger partial charge in [-0.3, -0.25) is 0 Å². The van der Waals surface area contributed by atoms with E-state index in [2.05, 4.69) is 0 Å². The maximum Gasteiger partial charge on any atom is 0.243 e. The van der Waals surface area contributed by atoms with Crippen LogP contribution in [0.5, 0.6) is 11.5 Å². The van der Waals surface area contributed by atoms with E-state index in [4.69, 9.17) is 14.2 Å².